The zero-order chi connectivity index (χ0) is 12.1. The van der Waals surface area contributed by atoms with Gasteiger partial charge in [-0.3, -0.25) is 9.78 Å². The number of hydrogen-bond donors (Lipinski definition) is 2. The van der Waals surface area contributed by atoms with Crippen molar-refractivity contribution >= 4 is 5.78 Å². The van der Waals surface area contributed by atoms with E-state index in [4.69, 9.17) is 5.73 Å². The van der Waals surface area contributed by atoms with E-state index in [1.54, 1.807) is 18.3 Å². The standard InChI is InChI=1S/C13H19N3O/c14-10-5-1-2-6-11(10)16-9-13(17)12-7-3-4-8-15-12/h3-4,7-8,10-11,16H,1-2,5-6,9,14H2/t10-,11+/m1/s1. The van der Waals surface area contributed by atoms with Gasteiger partial charge < -0.3 is 11.1 Å². The highest BCUT2D eigenvalue weighted by Gasteiger charge is 2.21. The van der Waals surface area contributed by atoms with Gasteiger partial charge in [-0.05, 0) is 25.0 Å². The maximum absolute atomic E-state index is 11.8. The minimum absolute atomic E-state index is 0.0309. The lowest BCUT2D eigenvalue weighted by atomic mass is 9.91. The second-order valence-corrected chi connectivity index (χ2v) is 4.57. The largest absolute Gasteiger partial charge is 0.326 e. The van der Waals surface area contributed by atoms with Gasteiger partial charge in [-0.25, -0.2) is 0 Å². The molecule has 4 nitrogen and oxygen atoms in total. The number of ketones is 1. The lowest BCUT2D eigenvalue weighted by Crippen LogP contribution is -2.48. The number of aromatic nitrogens is 1. The summed E-state index contributed by atoms with van der Waals surface area (Å²) >= 11 is 0. The van der Waals surface area contributed by atoms with Crippen molar-refractivity contribution in [3.63, 3.8) is 0 Å². The molecule has 1 aromatic heterocycles. The first-order valence-corrected chi connectivity index (χ1v) is 6.20. The Morgan fingerprint density at radius 1 is 1.41 bits per heavy atom. The maximum Gasteiger partial charge on any atom is 0.194 e. The number of hydrogen-bond acceptors (Lipinski definition) is 4. The molecule has 0 bridgehead atoms. The van der Waals surface area contributed by atoms with Crippen LogP contribution in [-0.4, -0.2) is 29.4 Å². The number of carbonyl (C=O) groups excluding carboxylic acids is 1. The predicted octanol–water partition coefficient (Wildman–Crippen LogP) is 1.12. The van der Waals surface area contributed by atoms with Crippen LogP contribution in [0, 0.1) is 0 Å². The summed E-state index contributed by atoms with van der Waals surface area (Å²) in [5, 5.41) is 3.26. The summed E-state index contributed by atoms with van der Waals surface area (Å²) in [6, 6.07) is 5.83. The summed E-state index contributed by atoms with van der Waals surface area (Å²) in [6.45, 7) is 0.329. The number of Topliss-reactive ketones (excluding diaryl/α,β-unsaturated/α-hetero) is 1. The molecular weight excluding hydrogens is 214 g/mol. The molecule has 0 spiro atoms. The first-order chi connectivity index (χ1) is 8.27. The van der Waals surface area contributed by atoms with Crippen LogP contribution in [0.25, 0.3) is 0 Å². The van der Waals surface area contributed by atoms with Crippen molar-refractivity contribution in [3.05, 3.63) is 30.1 Å². The molecule has 0 aliphatic heterocycles. The highest BCUT2D eigenvalue weighted by atomic mass is 16.1. The zero-order valence-electron chi connectivity index (χ0n) is 9.93. The Balaban J connectivity index is 1.84. The number of pyridine rings is 1. The van der Waals surface area contributed by atoms with Crippen LogP contribution in [0.1, 0.15) is 36.2 Å². The number of rotatable bonds is 4. The number of carbonyl (C=O) groups is 1. The molecule has 92 valence electrons. The molecule has 1 aromatic rings. The van der Waals surface area contributed by atoms with Gasteiger partial charge in [0, 0.05) is 18.3 Å². The fourth-order valence-corrected chi connectivity index (χ4v) is 2.26. The summed E-state index contributed by atoms with van der Waals surface area (Å²) in [5.74, 6) is 0.0309. The molecule has 1 fully saturated rings. The highest BCUT2D eigenvalue weighted by Crippen LogP contribution is 2.16. The average Bonchev–Trinajstić information content (AvgIpc) is 2.38. The first-order valence-electron chi connectivity index (χ1n) is 6.20. The zero-order valence-corrected chi connectivity index (χ0v) is 9.93. The lowest BCUT2D eigenvalue weighted by molar-refractivity contribution is 0.0978. The van der Waals surface area contributed by atoms with Crippen LogP contribution in [0.15, 0.2) is 24.4 Å². The van der Waals surface area contributed by atoms with Gasteiger partial charge in [0.25, 0.3) is 0 Å². The van der Waals surface area contributed by atoms with Crippen molar-refractivity contribution in [3.8, 4) is 0 Å². The minimum Gasteiger partial charge on any atom is -0.326 e. The van der Waals surface area contributed by atoms with Crippen molar-refractivity contribution in [2.75, 3.05) is 6.54 Å². The van der Waals surface area contributed by atoms with Gasteiger partial charge in [-0.1, -0.05) is 18.9 Å². The normalized spacial score (nSPS) is 24.5. The number of nitrogens with two attached hydrogens (primary N) is 1. The smallest absolute Gasteiger partial charge is 0.194 e. The van der Waals surface area contributed by atoms with Crippen molar-refractivity contribution in [2.24, 2.45) is 5.73 Å². The first kappa shape index (κ1) is 12.2. The van der Waals surface area contributed by atoms with Gasteiger partial charge in [0.2, 0.25) is 0 Å². The average molecular weight is 233 g/mol. The van der Waals surface area contributed by atoms with Crippen LogP contribution >= 0.6 is 0 Å². The molecule has 17 heavy (non-hydrogen) atoms. The fraction of sp³-hybridized carbons (Fsp3) is 0.538. The van der Waals surface area contributed by atoms with Crippen molar-refractivity contribution in [2.45, 2.75) is 37.8 Å². The predicted molar refractivity (Wildman–Crippen MR) is 66.8 cm³/mol. The van der Waals surface area contributed by atoms with E-state index in [0.717, 1.165) is 12.8 Å². The summed E-state index contributed by atoms with van der Waals surface area (Å²) in [7, 11) is 0. The Bertz CT molecular complexity index is 366. The van der Waals surface area contributed by atoms with Crippen molar-refractivity contribution in [1.29, 1.82) is 0 Å². The van der Waals surface area contributed by atoms with Crippen LogP contribution in [0.2, 0.25) is 0 Å². The molecule has 1 aliphatic rings. The second kappa shape index (κ2) is 5.89. The second-order valence-electron chi connectivity index (χ2n) is 4.57. The van der Waals surface area contributed by atoms with Gasteiger partial charge in [0.1, 0.15) is 5.69 Å². The van der Waals surface area contributed by atoms with E-state index in [-0.39, 0.29) is 17.9 Å². The van der Waals surface area contributed by atoms with E-state index in [0.29, 0.717) is 12.2 Å². The van der Waals surface area contributed by atoms with E-state index in [1.165, 1.54) is 12.8 Å². The van der Waals surface area contributed by atoms with Crippen LogP contribution in [0.4, 0.5) is 0 Å². The van der Waals surface area contributed by atoms with Gasteiger partial charge >= 0.3 is 0 Å². The Morgan fingerprint density at radius 2 is 2.24 bits per heavy atom. The van der Waals surface area contributed by atoms with Crippen LogP contribution in [0.3, 0.4) is 0 Å². The molecule has 0 amide bonds. The fourth-order valence-electron chi connectivity index (χ4n) is 2.26. The SMILES string of the molecule is N[C@@H]1CCCC[C@@H]1NCC(=O)c1ccccn1. The van der Waals surface area contributed by atoms with Crippen LogP contribution < -0.4 is 11.1 Å². The number of nitrogens with zero attached hydrogens (tertiary/aromatic N) is 1. The maximum atomic E-state index is 11.8. The number of nitrogens with one attached hydrogen (secondary N) is 1. The third-order valence-electron chi connectivity index (χ3n) is 3.29. The molecule has 1 saturated carbocycles. The van der Waals surface area contributed by atoms with Crippen molar-refractivity contribution in [1.82, 2.24) is 10.3 Å². The molecule has 0 saturated heterocycles. The molecule has 2 rings (SSSR count). The van der Waals surface area contributed by atoms with Gasteiger partial charge in [0.15, 0.2) is 5.78 Å². The molecule has 0 unspecified atom stereocenters. The summed E-state index contributed by atoms with van der Waals surface area (Å²) in [4.78, 5) is 15.9. The molecule has 0 aromatic carbocycles. The molecule has 3 N–H and O–H groups in total. The highest BCUT2D eigenvalue weighted by molar-refractivity contribution is 5.95. The minimum atomic E-state index is 0.0309. The molecule has 0 radical (unpaired) electrons. The van der Waals surface area contributed by atoms with E-state index in [9.17, 15) is 4.79 Å². The summed E-state index contributed by atoms with van der Waals surface area (Å²) in [6.07, 6.45) is 6.16. The van der Waals surface area contributed by atoms with Crippen LogP contribution in [0.5, 0.6) is 0 Å². The molecule has 1 aliphatic carbocycles. The Kier molecular flexibility index (Phi) is 4.23. The van der Waals surface area contributed by atoms with Gasteiger partial charge in [-0.15, -0.1) is 0 Å². The van der Waals surface area contributed by atoms with Gasteiger partial charge in [-0.2, -0.15) is 0 Å². The Labute approximate surface area is 102 Å². The lowest BCUT2D eigenvalue weighted by Gasteiger charge is -2.29. The molecule has 2 atom stereocenters. The summed E-state index contributed by atoms with van der Waals surface area (Å²) in [5.41, 5.74) is 6.53. The molecule has 1 heterocycles. The third-order valence-corrected chi connectivity index (χ3v) is 3.29. The van der Waals surface area contributed by atoms with Gasteiger partial charge in [0.05, 0.1) is 6.54 Å². The van der Waals surface area contributed by atoms with Crippen molar-refractivity contribution < 1.29 is 4.79 Å². The summed E-state index contributed by atoms with van der Waals surface area (Å²) < 4.78 is 0. The molecule has 4 heteroatoms. The topological polar surface area (TPSA) is 68.0 Å². The Hall–Kier alpha value is -1.26. The third kappa shape index (κ3) is 3.35. The monoisotopic (exact) mass is 233 g/mol. The van der Waals surface area contributed by atoms with E-state index in [2.05, 4.69) is 10.3 Å². The van der Waals surface area contributed by atoms with Crippen LogP contribution in [-0.2, 0) is 0 Å². The molecular formula is C13H19N3O. The van der Waals surface area contributed by atoms with E-state index >= 15 is 0 Å². The Morgan fingerprint density at radius 3 is 2.94 bits per heavy atom. The van der Waals surface area contributed by atoms with E-state index < -0.39 is 0 Å². The van der Waals surface area contributed by atoms with E-state index in [1.807, 2.05) is 6.07 Å². The quantitative estimate of drug-likeness (QED) is 0.765.